The number of carbonyl (C=O) groups excluding carboxylic acids is 2. The van der Waals surface area contributed by atoms with Crippen molar-refractivity contribution in [1.29, 1.82) is 0 Å². The van der Waals surface area contributed by atoms with Gasteiger partial charge in [0.15, 0.2) is 17.6 Å². The molecule has 6 nitrogen and oxygen atoms in total. The van der Waals surface area contributed by atoms with Crippen molar-refractivity contribution < 1.29 is 37.0 Å². The van der Waals surface area contributed by atoms with Crippen molar-refractivity contribution >= 4 is 17.6 Å². The summed E-state index contributed by atoms with van der Waals surface area (Å²) in [6.07, 6.45) is -6.00. The van der Waals surface area contributed by atoms with Crippen molar-refractivity contribution in [3.63, 3.8) is 0 Å². The zero-order valence-electron chi connectivity index (χ0n) is 15.3. The fraction of sp³-hybridized carbons (Fsp3) is 0.263. The molecule has 0 bridgehead atoms. The summed E-state index contributed by atoms with van der Waals surface area (Å²) in [7, 11) is 2.72. The third-order valence-corrected chi connectivity index (χ3v) is 3.77. The van der Waals surface area contributed by atoms with E-state index in [1.807, 2.05) is 0 Å². The molecular formula is C19H18F3NO5. The van der Waals surface area contributed by atoms with Crippen molar-refractivity contribution in [2.24, 2.45) is 0 Å². The van der Waals surface area contributed by atoms with Crippen LogP contribution in [0.4, 0.5) is 18.9 Å². The fourth-order valence-electron chi connectivity index (χ4n) is 2.40. The van der Waals surface area contributed by atoms with Crippen LogP contribution >= 0.6 is 0 Å². The van der Waals surface area contributed by atoms with E-state index in [0.717, 1.165) is 12.1 Å². The Hall–Kier alpha value is -3.23. The summed E-state index contributed by atoms with van der Waals surface area (Å²) < 4.78 is 54.4. The number of amides is 1. The van der Waals surface area contributed by atoms with Crippen LogP contribution in [0.1, 0.15) is 22.8 Å². The molecule has 0 radical (unpaired) electrons. The molecule has 1 N–H and O–H groups in total. The molecule has 0 saturated heterocycles. The number of methoxy groups -OCH3 is 2. The van der Waals surface area contributed by atoms with Crippen LogP contribution < -0.4 is 14.8 Å². The minimum atomic E-state index is -4.64. The number of rotatable bonds is 6. The fourth-order valence-corrected chi connectivity index (χ4v) is 2.40. The van der Waals surface area contributed by atoms with E-state index in [1.54, 1.807) is 6.07 Å². The van der Waals surface area contributed by atoms with Crippen molar-refractivity contribution in [3.8, 4) is 11.5 Å². The van der Waals surface area contributed by atoms with Crippen LogP contribution in [-0.4, -0.2) is 32.2 Å². The van der Waals surface area contributed by atoms with Gasteiger partial charge in [0.2, 0.25) is 0 Å². The second kappa shape index (κ2) is 8.64. The van der Waals surface area contributed by atoms with Gasteiger partial charge < -0.3 is 19.5 Å². The van der Waals surface area contributed by atoms with Crippen molar-refractivity contribution in [1.82, 2.24) is 0 Å². The Labute approximate surface area is 159 Å². The average Bonchev–Trinajstić information content (AvgIpc) is 2.66. The topological polar surface area (TPSA) is 73.9 Å². The molecule has 150 valence electrons. The highest BCUT2D eigenvalue weighted by Crippen LogP contribution is 2.35. The summed E-state index contributed by atoms with van der Waals surface area (Å²) >= 11 is 0. The molecule has 2 aromatic carbocycles. The number of para-hydroxylation sites is 2. The molecule has 0 heterocycles. The Morgan fingerprint density at radius 1 is 1.00 bits per heavy atom. The molecule has 0 fully saturated rings. The van der Waals surface area contributed by atoms with E-state index in [0.29, 0.717) is 0 Å². The molecule has 1 unspecified atom stereocenters. The van der Waals surface area contributed by atoms with Gasteiger partial charge in [0.25, 0.3) is 5.91 Å². The third-order valence-electron chi connectivity index (χ3n) is 3.77. The maximum absolute atomic E-state index is 13.0. The number of carbonyl (C=O) groups is 2. The van der Waals surface area contributed by atoms with Crippen molar-refractivity contribution in [2.75, 3.05) is 19.5 Å². The van der Waals surface area contributed by atoms with Gasteiger partial charge in [0.1, 0.15) is 5.56 Å². The minimum Gasteiger partial charge on any atom is -0.493 e. The van der Waals surface area contributed by atoms with Gasteiger partial charge in [-0.2, -0.15) is 13.2 Å². The van der Waals surface area contributed by atoms with Gasteiger partial charge in [-0.1, -0.05) is 18.2 Å². The molecule has 0 saturated carbocycles. The molecule has 2 rings (SSSR count). The molecule has 1 amide bonds. The van der Waals surface area contributed by atoms with Crippen molar-refractivity contribution in [2.45, 2.75) is 19.2 Å². The van der Waals surface area contributed by atoms with E-state index in [1.165, 1.54) is 45.4 Å². The Morgan fingerprint density at radius 2 is 1.68 bits per heavy atom. The van der Waals surface area contributed by atoms with Gasteiger partial charge in [-0.25, -0.2) is 4.79 Å². The molecule has 9 heteroatoms. The Kier molecular flexibility index (Phi) is 6.50. The second-order valence-electron chi connectivity index (χ2n) is 5.62. The van der Waals surface area contributed by atoms with Gasteiger partial charge in [-0.15, -0.1) is 0 Å². The monoisotopic (exact) mass is 397 g/mol. The number of hydrogen-bond acceptors (Lipinski definition) is 5. The summed E-state index contributed by atoms with van der Waals surface area (Å²) in [6.45, 7) is 1.25. The van der Waals surface area contributed by atoms with Crippen molar-refractivity contribution in [3.05, 3.63) is 53.6 Å². The Balaban J connectivity index is 2.15. The highest BCUT2D eigenvalue weighted by atomic mass is 19.4. The van der Waals surface area contributed by atoms with E-state index in [9.17, 15) is 22.8 Å². The van der Waals surface area contributed by atoms with E-state index in [2.05, 4.69) is 5.32 Å². The van der Waals surface area contributed by atoms with Gasteiger partial charge in [0.05, 0.1) is 25.5 Å². The van der Waals surface area contributed by atoms with Crippen LogP contribution in [0.15, 0.2) is 42.5 Å². The first-order valence-corrected chi connectivity index (χ1v) is 8.08. The lowest BCUT2D eigenvalue weighted by Gasteiger charge is -2.17. The van der Waals surface area contributed by atoms with Crippen LogP contribution in [0.3, 0.4) is 0 Å². The van der Waals surface area contributed by atoms with Crippen LogP contribution in [0.2, 0.25) is 0 Å². The average molecular weight is 397 g/mol. The summed E-state index contributed by atoms with van der Waals surface area (Å²) in [4.78, 5) is 24.6. The van der Waals surface area contributed by atoms with Gasteiger partial charge in [0, 0.05) is 0 Å². The number of hydrogen-bond donors (Lipinski definition) is 1. The first kappa shape index (κ1) is 21.1. The maximum Gasteiger partial charge on any atom is 0.418 e. The second-order valence-corrected chi connectivity index (χ2v) is 5.62. The predicted octanol–water partition coefficient (Wildman–Crippen LogP) is 3.91. The van der Waals surface area contributed by atoms with E-state index in [-0.39, 0.29) is 17.1 Å². The Bertz CT molecular complexity index is 867. The summed E-state index contributed by atoms with van der Waals surface area (Å²) in [5.74, 6) is -1.40. The Morgan fingerprint density at radius 3 is 2.29 bits per heavy atom. The van der Waals surface area contributed by atoms with E-state index in [4.69, 9.17) is 14.2 Å². The summed E-state index contributed by atoms with van der Waals surface area (Å²) in [6, 6.07) is 9.02. The third kappa shape index (κ3) is 4.73. The highest BCUT2D eigenvalue weighted by Gasteiger charge is 2.34. The normalized spacial score (nSPS) is 12.1. The van der Waals surface area contributed by atoms with Gasteiger partial charge in [-0.05, 0) is 31.2 Å². The lowest BCUT2D eigenvalue weighted by molar-refractivity contribution is -0.137. The van der Waals surface area contributed by atoms with Crippen LogP contribution in [-0.2, 0) is 15.7 Å². The number of benzene rings is 2. The molecule has 0 aliphatic carbocycles. The number of alkyl halides is 3. The summed E-state index contributed by atoms with van der Waals surface area (Å²) in [5.41, 5.74) is -1.42. The van der Waals surface area contributed by atoms with E-state index >= 15 is 0 Å². The van der Waals surface area contributed by atoms with E-state index < -0.39 is 35.4 Å². The molecule has 28 heavy (non-hydrogen) atoms. The smallest absolute Gasteiger partial charge is 0.418 e. The molecule has 1 atom stereocenters. The molecule has 0 aliphatic rings. The summed E-state index contributed by atoms with van der Waals surface area (Å²) in [5, 5.41) is 2.13. The predicted molar refractivity (Wildman–Crippen MR) is 94.5 cm³/mol. The minimum absolute atomic E-state index is 0.0113. The zero-order chi connectivity index (χ0) is 20.9. The molecular weight excluding hydrogens is 379 g/mol. The number of nitrogens with one attached hydrogen (secondary N) is 1. The molecule has 0 aliphatic heterocycles. The number of ether oxygens (including phenoxy) is 3. The number of anilines is 1. The molecule has 0 spiro atoms. The number of halogens is 3. The van der Waals surface area contributed by atoms with Crippen LogP contribution in [0, 0.1) is 0 Å². The molecule has 2 aromatic rings. The highest BCUT2D eigenvalue weighted by molar-refractivity contribution is 5.99. The number of esters is 1. The van der Waals surface area contributed by atoms with Crippen LogP contribution in [0.25, 0.3) is 0 Å². The van der Waals surface area contributed by atoms with Gasteiger partial charge in [-0.3, -0.25) is 4.79 Å². The zero-order valence-corrected chi connectivity index (χ0v) is 15.3. The maximum atomic E-state index is 13.0. The lowest BCUT2D eigenvalue weighted by Crippen LogP contribution is -2.31. The lowest BCUT2D eigenvalue weighted by atomic mass is 10.1. The quantitative estimate of drug-likeness (QED) is 0.749. The largest absolute Gasteiger partial charge is 0.493 e. The SMILES string of the molecule is COc1cccc(C(=O)OC(C)C(=O)Nc2ccccc2C(F)(F)F)c1OC. The first-order chi connectivity index (χ1) is 13.2. The standard InChI is InChI=1S/C19H18F3NO5/c1-11(17(24)23-14-9-5-4-8-13(14)19(20,21)22)28-18(25)12-7-6-10-15(26-2)16(12)27-3/h4-11H,1-3H3,(H,23,24). The molecule has 0 aromatic heterocycles. The van der Waals surface area contributed by atoms with Crippen LogP contribution in [0.5, 0.6) is 11.5 Å². The van der Waals surface area contributed by atoms with Gasteiger partial charge >= 0.3 is 12.1 Å². The first-order valence-electron chi connectivity index (χ1n) is 8.08.